The Morgan fingerprint density at radius 1 is 1.18 bits per heavy atom. The summed E-state index contributed by atoms with van der Waals surface area (Å²) in [4.78, 5) is 7.79. The van der Waals surface area contributed by atoms with Crippen molar-refractivity contribution in [3.63, 3.8) is 0 Å². The number of benzene rings is 1. The van der Waals surface area contributed by atoms with Gasteiger partial charge in [-0.1, -0.05) is 23.4 Å². The quantitative estimate of drug-likeness (QED) is 0.308. The Kier molecular flexibility index (Phi) is 7.74. The highest BCUT2D eigenvalue weighted by Gasteiger charge is 2.34. The van der Waals surface area contributed by atoms with Crippen LogP contribution in [-0.2, 0) is 4.74 Å². The van der Waals surface area contributed by atoms with Crippen molar-refractivity contribution in [3.8, 4) is 16.5 Å². The molecule has 0 bridgehead atoms. The van der Waals surface area contributed by atoms with Crippen LogP contribution >= 0.6 is 23.6 Å². The molecule has 0 amide bonds. The van der Waals surface area contributed by atoms with E-state index in [1.54, 1.807) is 11.3 Å². The van der Waals surface area contributed by atoms with E-state index in [1.165, 1.54) is 0 Å². The number of nitrogens with zero attached hydrogens (tertiary/aromatic N) is 3. The zero-order valence-electron chi connectivity index (χ0n) is 19.0. The SMILES string of the molecule is CCOCCCN1C(=S)NC(c2ccc(OCC)cc2)C(c2nc(-c3cccs3)no2)=C1C. The Bertz CT molecular complexity index is 1090. The molecule has 0 saturated carbocycles. The molecule has 0 radical (unpaired) electrons. The lowest BCUT2D eigenvalue weighted by Gasteiger charge is -2.37. The fraction of sp³-hybridized carbons (Fsp3) is 0.375. The van der Waals surface area contributed by atoms with Gasteiger partial charge in [0.05, 0.1) is 23.1 Å². The topological polar surface area (TPSA) is 72.7 Å². The summed E-state index contributed by atoms with van der Waals surface area (Å²) in [7, 11) is 0. The molecule has 0 fully saturated rings. The monoisotopic (exact) mass is 484 g/mol. The van der Waals surface area contributed by atoms with Crippen LogP contribution in [0.3, 0.4) is 0 Å². The Morgan fingerprint density at radius 2 is 2.00 bits per heavy atom. The molecule has 3 heterocycles. The average molecular weight is 485 g/mol. The largest absolute Gasteiger partial charge is 0.494 e. The van der Waals surface area contributed by atoms with Gasteiger partial charge in [0, 0.05) is 25.5 Å². The first kappa shape index (κ1) is 23.4. The maximum absolute atomic E-state index is 5.77. The van der Waals surface area contributed by atoms with Gasteiger partial charge in [0.1, 0.15) is 5.75 Å². The van der Waals surface area contributed by atoms with Gasteiger partial charge in [0.15, 0.2) is 5.11 Å². The van der Waals surface area contributed by atoms with Crippen molar-refractivity contribution >= 4 is 34.2 Å². The fourth-order valence-corrected chi connectivity index (χ4v) is 4.80. The van der Waals surface area contributed by atoms with Gasteiger partial charge in [0.2, 0.25) is 5.82 Å². The molecule has 3 aromatic rings. The third-order valence-corrected chi connectivity index (χ3v) is 6.60. The molecular formula is C24H28N4O3S2. The second kappa shape index (κ2) is 10.9. The molecule has 7 nitrogen and oxygen atoms in total. The molecule has 2 aromatic heterocycles. The van der Waals surface area contributed by atoms with E-state index in [2.05, 4.69) is 22.3 Å². The van der Waals surface area contributed by atoms with Gasteiger partial charge in [-0.25, -0.2) is 0 Å². The van der Waals surface area contributed by atoms with Crippen molar-refractivity contribution in [2.75, 3.05) is 26.4 Å². The van der Waals surface area contributed by atoms with Crippen molar-refractivity contribution in [2.24, 2.45) is 0 Å². The summed E-state index contributed by atoms with van der Waals surface area (Å²) in [6, 6.07) is 11.8. The van der Waals surface area contributed by atoms with E-state index in [-0.39, 0.29) is 6.04 Å². The van der Waals surface area contributed by atoms with E-state index in [4.69, 9.17) is 31.2 Å². The summed E-state index contributed by atoms with van der Waals surface area (Å²) in [6.07, 6.45) is 0.859. The standard InChI is InChI=1S/C24H28N4O3S2/c1-4-29-14-7-13-28-16(3)20(23-26-22(27-31-23)19-8-6-15-33-19)21(25-24(28)32)17-9-11-18(12-10-17)30-5-2/h6,8-12,15,21H,4-5,7,13-14H2,1-3H3,(H,25,32). The number of hydrogen-bond donors (Lipinski definition) is 1. The van der Waals surface area contributed by atoms with Gasteiger partial charge < -0.3 is 24.2 Å². The number of thiocarbonyl (C=S) groups is 1. The molecule has 174 valence electrons. The highest BCUT2D eigenvalue weighted by Crippen LogP contribution is 2.38. The number of rotatable bonds is 10. The lowest BCUT2D eigenvalue weighted by atomic mass is 9.94. The van der Waals surface area contributed by atoms with E-state index < -0.39 is 0 Å². The fourth-order valence-electron chi connectivity index (χ4n) is 3.81. The Morgan fingerprint density at radius 3 is 2.70 bits per heavy atom. The third kappa shape index (κ3) is 5.26. The van der Waals surface area contributed by atoms with Crippen molar-refractivity contribution in [1.29, 1.82) is 0 Å². The Balaban J connectivity index is 1.70. The first-order valence-corrected chi connectivity index (χ1v) is 12.4. The Labute approximate surface area is 203 Å². The lowest BCUT2D eigenvalue weighted by Crippen LogP contribution is -2.46. The zero-order valence-corrected chi connectivity index (χ0v) is 20.7. The summed E-state index contributed by atoms with van der Waals surface area (Å²) in [5.74, 6) is 1.90. The molecule has 1 aromatic carbocycles. The van der Waals surface area contributed by atoms with Gasteiger partial charge in [-0.3, -0.25) is 0 Å². The summed E-state index contributed by atoms with van der Waals surface area (Å²) in [5, 5.41) is 10.4. The molecule has 1 atom stereocenters. The minimum atomic E-state index is -0.215. The van der Waals surface area contributed by atoms with Crippen molar-refractivity contribution in [1.82, 2.24) is 20.4 Å². The second-order valence-corrected chi connectivity index (χ2v) is 8.82. The van der Waals surface area contributed by atoms with Crippen LogP contribution in [0, 0.1) is 0 Å². The van der Waals surface area contributed by atoms with Crippen LogP contribution in [0.2, 0.25) is 0 Å². The van der Waals surface area contributed by atoms with Crippen LogP contribution in [0.25, 0.3) is 16.3 Å². The van der Waals surface area contributed by atoms with E-state index >= 15 is 0 Å². The molecule has 0 spiro atoms. The van der Waals surface area contributed by atoms with Gasteiger partial charge in [-0.05, 0) is 68.6 Å². The molecule has 1 aliphatic heterocycles. The van der Waals surface area contributed by atoms with Crippen LogP contribution in [-0.4, -0.2) is 46.5 Å². The highest BCUT2D eigenvalue weighted by atomic mass is 32.1. The van der Waals surface area contributed by atoms with E-state index in [0.29, 0.717) is 36.6 Å². The predicted molar refractivity (Wildman–Crippen MR) is 134 cm³/mol. The highest BCUT2D eigenvalue weighted by molar-refractivity contribution is 7.80. The predicted octanol–water partition coefficient (Wildman–Crippen LogP) is 5.29. The number of ether oxygens (including phenoxy) is 2. The van der Waals surface area contributed by atoms with E-state index in [1.807, 2.05) is 55.6 Å². The van der Waals surface area contributed by atoms with Crippen LogP contribution in [0.4, 0.5) is 0 Å². The molecule has 0 aliphatic carbocycles. The van der Waals surface area contributed by atoms with Gasteiger partial charge in [0.25, 0.3) is 5.89 Å². The number of nitrogens with one attached hydrogen (secondary N) is 1. The smallest absolute Gasteiger partial charge is 0.258 e. The molecule has 0 saturated heterocycles. The molecule has 1 N–H and O–H groups in total. The van der Waals surface area contributed by atoms with Crippen LogP contribution < -0.4 is 10.1 Å². The summed E-state index contributed by atoms with van der Waals surface area (Å²) in [6.45, 7) is 8.78. The minimum absolute atomic E-state index is 0.215. The maximum Gasteiger partial charge on any atom is 0.258 e. The van der Waals surface area contributed by atoms with Crippen LogP contribution in [0.5, 0.6) is 5.75 Å². The molecule has 1 aliphatic rings. The minimum Gasteiger partial charge on any atom is -0.494 e. The summed E-state index contributed by atoms with van der Waals surface area (Å²) in [5.41, 5.74) is 2.95. The third-order valence-electron chi connectivity index (χ3n) is 5.39. The maximum atomic E-state index is 5.77. The molecule has 4 rings (SSSR count). The van der Waals surface area contributed by atoms with E-state index in [0.717, 1.165) is 40.4 Å². The normalized spacial score (nSPS) is 16.3. The Hall–Kier alpha value is -2.75. The molecular weight excluding hydrogens is 456 g/mol. The van der Waals surface area contributed by atoms with E-state index in [9.17, 15) is 0 Å². The second-order valence-electron chi connectivity index (χ2n) is 7.49. The van der Waals surface area contributed by atoms with Crippen LogP contribution in [0.15, 0.2) is 52.0 Å². The first-order chi connectivity index (χ1) is 16.1. The van der Waals surface area contributed by atoms with Crippen LogP contribution in [0.1, 0.15) is 44.7 Å². The van der Waals surface area contributed by atoms with Crippen molar-refractivity contribution in [3.05, 3.63) is 58.9 Å². The lowest BCUT2D eigenvalue weighted by molar-refractivity contribution is 0.141. The zero-order chi connectivity index (χ0) is 23.2. The van der Waals surface area contributed by atoms with Gasteiger partial charge in [-0.15, -0.1) is 11.3 Å². The average Bonchev–Trinajstić information content (AvgIpc) is 3.51. The van der Waals surface area contributed by atoms with Gasteiger partial charge in [-0.2, -0.15) is 4.98 Å². The number of thiophene rings is 1. The molecule has 33 heavy (non-hydrogen) atoms. The van der Waals surface area contributed by atoms with Crippen molar-refractivity contribution in [2.45, 2.75) is 33.2 Å². The summed E-state index contributed by atoms with van der Waals surface area (Å²) >= 11 is 7.33. The number of allylic oxidation sites excluding steroid dienone is 1. The number of aromatic nitrogens is 2. The van der Waals surface area contributed by atoms with Crippen molar-refractivity contribution < 1.29 is 14.0 Å². The molecule has 9 heteroatoms. The molecule has 1 unspecified atom stereocenters. The summed E-state index contributed by atoms with van der Waals surface area (Å²) < 4.78 is 16.9. The van der Waals surface area contributed by atoms with Gasteiger partial charge >= 0.3 is 0 Å². The first-order valence-electron chi connectivity index (χ1n) is 11.1. The number of hydrogen-bond acceptors (Lipinski definition) is 7.